The van der Waals surface area contributed by atoms with E-state index < -0.39 is 0 Å². The van der Waals surface area contributed by atoms with Gasteiger partial charge in [0.05, 0.1) is 11.9 Å². The largest absolute Gasteiger partial charge is 0.328 e. The van der Waals surface area contributed by atoms with E-state index in [0.717, 1.165) is 18.5 Å². The van der Waals surface area contributed by atoms with Crippen molar-refractivity contribution in [2.75, 3.05) is 5.32 Å². The van der Waals surface area contributed by atoms with Gasteiger partial charge in [0.2, 0.25) is 5.91 Å². The van der Waals surface area contributed by atoms with Gasteiger partial charge in [-0.3, -0.25) is 9.48 Å². The third-order valence-electron chi connectivity index (χ3n) is 2.05. The molecule has 0 spiro atoms. The molecule has 1 heterocycles. The molecule has 0 saturated carbocycles. The molecule has 0 aliphatic carbocycles. The molecule has 5 nitrogen and oxygen atoms in total. The number of hydrogen-bond donors (Lipinski definition) is 2. The Balaban J connectivity index is 2.24. The molecule has 15 heavy (non-hydrogen) atoms. The maximum Gasteiger partial charge on any atom is 0.224 e. The van der Waals surface area contributed by atoms with E-state index in [9.17, 15) is 4.79 Å². The summed E-state index contributed by atoms with van der Waals surface area (Å²) in [5.74, 6) is 0.0173. The summed E-state index contributed by atoms with van der Waals surface area (Å²) in [6.45, 7) is 1.94. The van der Waals surface area contributed by atoms with Gasteiger partial charge in [-0.2, -0.15) is 5.10 Å². The van der Waals surface area contributed by atoms with Crippen molar-refractivity contribution in [3.05, 3.63) is 12.4 Å². The highest BCUT2D eigenvalue weighted by atomic mass is 16.1. The molecule has 0 aromatic carbocycles. The van der Waals surface area contributed by atoms with Gasteiger partial charge in [-0.1, -0.05) is 0 Å². The van der Waals surface area contributed by atoms with Crippen molar-refractivity contribution < 1.29 is 4.79 Å². The van der Waals surface area contributed by atoms with Gasteiger partial charge in [0, 0.05) is 25.7 Å². The molecule has 0 bridgehead atoms. The molecule has 0 radical (unpaired) electrons. The topological polar surface area (TPSA) is 72.9 Å². The minimum absolute atomic E-state index is 0.0173. The minimum Gasteiger partial charge on any atom is -0.328 e. The Kier molecular flexibility index (Phi) is 4.30. The zero-order chi connectivity index (χ0) is 11.3. The summed E-state index contributed by atoms with van der Waals surface area (Å²) in [4.78, 5) is 11.4. The highest BCUT2D eigenvalue weighted by Crippen LogP contribution is 2.06. The van der Waals surface area contributed by atoms with Crippen molar-refractivity contribution in [2.45, 2.75) is 32.2 Å². The van der Waals surface area contributed by atoms with Crippen LogP contribution in [0.15, 0.2) is 12.4 Å². The third-order valence-corrected chi connectivity index (χ3v) is 2.05. The highest BCUT2D eigenvalue weighted by molar-refractivity contribution is 5.90. The molecule has 0 saturated heterocycles. The van der Waals surface area contributed by atoms with Gasteiger partial charge in [0.15, 0.2) is 0 Å². The quantitative estimate of drug-likeness (QED) is 0.757. The van der Waals surface area contributed by atoms with Crippen LogP contribution in [0.5, 0.6) is 0 Å². The standard InChI is InChI=1S/C10H18N4O/c1-8(11)4-3-5-10(15)13-9-6-12-14(2)7-9/h6-8H,3-5,11H2,1-2H3,(H,13,15). The lowest BCUT2D eigenvalue weighted by Crippen LogP contribution is -2.16. The van der Waals surface area contributed by atoms with Gasteiger partial charge >= 0.3 is 0 Å². The van der Waals surface area contributed by atoms with Crippen LogP contribution < -0.4 is 11.1 Å². The predicted octanol–water partition coefficient (Wildman–Crippen LogP) is 0.876. The molecule has 1 aromatic rings. The van der Waals surface area contributed by atoms with Gasteiger partial charge in [0.25, 0.3) is 0 Å². The predicted molar refractivity (Wildman–Crippen MR) is 59.3 cm³/mol. The third kappa shape index (κ3) is 4.60. The molecule has 1 rings (SSSR count). The Hall–Kier alpha value is -1.36. The fraction of sp³-hybridized carbons (Fsp3) is 0.600. The summed E-state index contributed by atoms with van der Waals surface area (Å²) in [5.41, 5.74) is 6.33. The van der Waals surface area contributed by atoms with Crippen molar-refractivity contribution in [3.63, 3.8) is 0 Å². The summed E-state index contributed by atoms with van der Waals surface area (Å²) >= 11 is 0. The smallest absolute Gasteiger partial charge is 0.224 e. The van der Waals surface area contributed by atoms with Gasteiger partial charge in [0.1, 0.15) is 0 Å². The normalized spacial score (nSPS) is 12.5. The zero-order valence-electron chi connectivity index (χ0n) is 9.23. The first-order valence-corrected chi connectivity index (χ1v) is 5.12. The Bertz CT molecular complexity index is 319. The van der Waals surface area contributed by atoms with E-state index in [1.165, 1.54) is 0 Å². The number of nitrogens with one attached hydrogen (secondary N) is 1. The van der Waals surface area contributed by atoms with Crippen molar-refractivity contribution in [1.82, 2.24) is 9.78 Å². The number of anilines is 1. The summed E-state index contributed by atoms with van der Waals surface area (Å²) in [5, 5.41) is 6.73. The van der Waals surface area contributed by atoms with E-state index in [1.54, 1.807) is 17.1 Å². The second kappa shape index (κ2) is 5.50. The van der Waals surface area contributed by atoms with E-state index in [0.29, 0.717) is 6.42 Å². The Morgan fingerprint density at radius 1 is 1.73 bits per heavy atom. The number of nitrogens with zero attached hydrogens (tertiary/aromatic N) is 2. The molecule has 0 aliphatic heterocycles. The molecule has 1 amide bonds. The Morgan fingerprint density at radius 3 is 3.00 bits per heavy atom. The zero-order valence-corrected chi connectivity index (χ0v) is 9.23. The van der Waals surface area contributed by atoms with Crippen molar-refractivity contribution in [3.8, 4) is 0 Å². The molecule has 5 heteroatoms. The average Bonchev–Trinajstić information content (AvgIpc) is 2.50. The molecular formula is C10H18N4O. The van der Waals surface area contributed by atoms with Crippen molar-refractivity contribution in [1.29, 1.82) is 0 Å². The first-order valence-electron chi connectivity index (χ1n) is 5.12. The highest BCUT2D eigenvalue weighted by Gasteiger charge is 2.04. The van der Waals surface area contributed by atoms with Crippen molar-refractivity contribution >= 4 is 11.6 Å². The second-order valence-corrected chi connectivity index (χ2v) is 3.82. The molecule has 1 unspecified atom stereocenters. The van der Waals surface area contributed by atoms with Crippen LogP contribution in [-0.4, -0.2) is 21.7 Å². The van der Waals surface area contributed by atoms with Crippen LogP contribution in [-0.2, 0) is 11.8 Å². The maximum atomic E-state index is 11.4. The van der Waals surface area contributed by atoms with E-state index in [2.05, 4.69) is 10.4 Å². The average molecular weight is 210 g/mol. The van der Waals surface area contributed by atoms with Crippen LogP contribution in [0.4, 0.5) is 5.69 Å². The van der Waals surface area contributed by atoms with E-state index in [-0.39, 0.29) is 11.9 Å². The summed E-state index contributed by atoms with van der Waals surface area (Å²) in [6, 6.07) is 0.163. The maximum absolute atomic E-state index is 11.4. The fourth-order valence-corrected chi connectivity index (χ4v) is 1.29. The van der Waals surface area contributed by atoms with Gasteiger partial charge in [-0.25, -0.2) is 0 Å². The van der Waals surface area contributed by atoms with Gasteiger partial charge in [-0.05, 0) is 19.8 Å². The number of amides is 1. The van der Waals surface area contributed by atoms with Crippen LogP contribution in [0, 0.1) is 0 Å². The summed E-state index contributed by atoms with van der Waals surface area (Å²) in [7, 11) is 1.81. The molecule has 84 valence electrons. The number of aromatic nitrogens is 2. The van der Waals surface area contributed by atoms with E-state index >= 15 is 0 Å². The lowest BCUT2D eigenvalue weighted by atomic mass is 10.1. The first-order chi connectivity index (χ1) is 7.08. The van der Waals surface area contributed by atoms with Crippen LogP contribution in [0.3, 0.4) is 0 Å². The molecule has 0 aliphatic rings. The monoisotopic (exact) mass is 210 g/mol. The van der Waals surface area contributed by atoms with Crippen LogP contribution in [0.2, 0.25) is 0 Å². The van der Waals surface area contributed by atoms with Crippen LogP contribution in [0.25, 0.3) is 0 Å². The molecule has 3 N–H and O–H groups in total. The lowest BCUT2D eigenvalue weighted by molar-refractivity contribution is -0.116. The molecule has 1 atom stereocenters. The second-order valence-electron chi connectivity index (χ2n) is 3.82. The van der Waals surface area contributed by atoms with Gasteiger partial charge in [-0.15, -0.1) is 0 Å². The summed E-state index contributed by atoms with van der Waals surface area (Å²) in [6.07, 6.45) is 5.60. The number of rotatable bonds is 5. The Morgan fingerprint density at radius 2 is 2.47 bits per heavy atom. The SMILES string of the molecule is CC(N)CCCC(=O)Nc1cnn(C)c1. The Labute approximate surface area is 89.6 Å². The fourth-order valence-electron chi connectivity index (χ4n) is 1.29. The van der Waals surface area contributed by atoms with Crippen LogP contribution in [0.1, 0.15) is 26.2 Å². The number of aryl methyl sites for hydroxylation is 1. The first kappa shape index (κ1) is 11.7. The van der Waals surface area contributed by atoms with E-state index in [1.807, 2.05) is 14.0 Å². The number of nitrogens with two attached hydrogens (primary N) is 1. The van der Waals surface area contributed by atoms with Crippen LogP contribution >= 0.6 is 0 Å². The summed E-state index contributed by atoms with van der Waals surface area (Å²) < 4.78 is 1.65. The van der Waals surface area contributed by atoms with Gasteiger partial charge < -0.3 is 11.1 Å². The lowest BCUT2D eigenvalue weighted by Gasteiger charge is -2.04. The number of carbonyl (C=O) groups excluding carboxylic acids is 1. The van der Waals surface area contributed by atoms with E-state index in [4.69, 9.17) is 5.73 Å². The van der Waals surface area contributed by atoms with Crippen molar-refractivity contribution in [2.24, 2.45) is 12.8 Å². The minimum atomic E-state index is 0.0173. The number of carbonyl (C=O) groups is 1. The molecule has 1 aromatic heterocycles. The molecular weight excluding hydrogens is 192 g/mol. The molecule has 0 fully saturated rings. The number of hydrogen-bond acceptors (Lipinski definition) is 3.